The molecule has 0 saturated heterocycles. The molecule has 1 aromatic carbocycles. The quantitative estimate of drug-likeness (QED) is 0.671. The molecule has 0 saturated carbocycles. The van der Waals surface area contributed by atoms with Gasteiger partial charge < -0.3 is 15.9 Å². The minimum Gasteiger partial charge on any atom is -0.444 e. The molecule has 0 atom stereocenters. The molecule has 0 aliphatic carbocycles. The zero-order chi connectivity index (χ0) is 21.1. The lowest BCUT2D eigenvalue weighted by atomic mass is 10.1. The molecule has 0 bridgehead atoms. The molecule has 0 unspecified atom stereocenters. The van der Waals surface area contributed by atoms with E-state index in [1.165, 1.54) is 19.2 Å². The van der Waals surface area contributed by atoms with Gasteiger partial charge in [0.25, 0.3) is 0 Å². The van der Waals surface area contributed by atoms with Crippen molar-refractivity contribution in [3.8, 4) is 0 Å². The maximum Gasteiger partial charge on any atom is 0.412 e. The number of halogens is 2. The van der Waals surface area contributed by atoms with Gasteiger partial charge in [0.15, 0.2) is 5.82 Å². The average Bonchev–Trinajstić information content (AvgIpc) is 2.57. The fraction of sp³-hybridized carbons (Fsp3) is 0.263. The van der Waals surface area contributed by atoms with E-state index in [1.807, 2.05) is 0 Å². The molecule has 1 aromatic heterocycles. The van der Waals surface area contributed by atoms with E-state index in [4.69, 9.17) is 15.9 Å². The Morgan fingerprint density at radius 3 is 2.64 bits per heavy atom. The molecule has 1 amide bonds. The van der Waals surface area contributed by atoms with Crippen LogP contribution < -0.4 is 11.1 Å². The highest BCUT2D eigenvalue weighted by Crippen LogP contribution is 2.25. The SMILES string of the molecule is CC(=Nc1cnc(N)c(C=N)c1)c1c(F)ccc(NC(=O)OC(C)(C)C)c1F. The van der Waals surface area contributed by atoms with Crippen molar-refractivity contribution in [1.29, 1.82) is 5.41 Å². The predicted molar refractivity (Wildman–Crippen MR) is 105 cm³/mol. The van der Waals surface area contributed by atoms with Crippen molar-refractivity contribution < 1.29 is 18.3 Å². The topological polar surface area (TPSA) is 113 Å². The van der Waals surface area contributed by atoms with Gasteiger partial charge in [0.2, 0.25) is 0 Å². The van der Waals surface area contributed by atoms with Gasteiger partial charge >= 0.3 is 6.09 Å². The van der Waals surface area contributed by atoms with Gasteiger partial charge in [-0.25, -0.2) is 18.6 Å². The Labute approximate surface area is 161 Å². The molecule has 0 radical (unpaired) electrons. The highest BCUT2D eigenvalue weighted by atomic mass is 19.1. The van der Waals surface area contributed by atoms with Crippen LogP contribution in [0.3, 0.4) is 0 Å². The molecule has 0 aliphatic heterocycles. The minimum atomic E-state index is -0.984. The van der Waals surface area contributed by atoms with Crippen molar-refractivity contribution in [3.63, 3.8) is 0 Å². The van der Waals surface area contributed by atoms with Gasteiger partial charge in [-0.3, -0.25) is 10.3 Å². The predicted octanol–water partition coefficient (Wildman–Crippen LogP) is 4.43. The van der Waals surface area contributed by atoms with E-state index >= 15 is 0 Å². The van der Waals surface area contributed by atoms with E-state index in [9.17, 15) is 13.6 Å². The summed E-state index contributed by atoms with van der Waals surface area (Å²) in [4.78, 5) is 19.9. The van der Waals surface area contributed by atoms with Crippen molar-refractivity contribution in [2.24, 2.45) is 4.99 Å². The summed E-state index contributed by atoms with van der Waals surface area (Å²) in [6.07, 6.45) is 1.46. The fourth-order valence-electron chi connectivity index (χ4n) is 2.30. The standard InChI is InChI=1S/C19H21F2N5O2/c1-10(25-12-7-11(8-22)17(23)24-9-12)15-13(20)5-6-14(16(15)21)26-18(27)28-19(2,3)4/h5-9,22H,1-4H3,(H2,23,24)(H,26,27). The number of amides is 1. The molecule has 2 rings (SSSR count). The molecule has 0 fully saturated rings. The van der Waals surface area contributed by atoms with E-state index in [0.717, 1.165) is 18.3 Å². The van der Waals surface area contributed by atoms with Crippen molar-refractivity contribution in [3.05, 3.63) is 47.2 Å². The van der Waals surface area contributed by atoms with E-state index < -0.39 is 28.9 Å². The lowest BCUT2D eigenvalue weighted by Crippen LogP contribution is -2.27. The number of rotatable bonds is 4. The summed E-state index contributed by atoms with van der Waals surface area (Å²) in [5.41, 5.74) is 4.83. The second-order valence-electron chi connectivity index (χ2n) is 6.92. The number of hydrogen-bond acceptors (Lipinski definition) is 6. The summed E-state index contributed by atoms with van der Waals surface area (Å²) in [5.74, 6) is -1.68. The first-order valence-electron chi connectivity index (χ1n) is 8.31. The Morgan fingerprint density at radius 1 is 1.36 bits per heavy atom. The number of aromatic nitrogens is 1. The second kappa shape index (κ2) is 8.12. The van der Waals surface area contributed by atoms with Crippen LogP contribution in [0.15, 0.2) is 29.4 Å². The molecular weight excluding hydrogens is 368 g/mol. The summed E-state index contributed by atoms with van der Waals surface area (Å²) in [7, 11) is 0. The van der Waals surface area contributed by atoms with Gasteiger partial charge in [-0.1, -0.05) is 0 Å². The summed E-state index contributed by atoms with van der Waals surface area (Å²) in [6, 6.07) is 3.59. The highest BCUT2D eigenvalue weighted by Gasteiger charge is 2.21. The van der Waals surface area contributed by atoms with Crippen molar-refractivity contribution >= 4 is 35.2 Å². The highest BCUT2D eigenvalue weighted by molar-refractivity contribution is 6.02. The Kier molecular flexibility index (Phi) is 6.07. The van der Waals surface area contributed by atoms with Crippen LogP contribution in [-0.4, -0.2) is 28.6 Å². The summed E-state index contributed by atoms with van der Waals surface area (Å²) >= 11 is 0. The van der Waals surface area contributed by atoms with E-state index in [2.05, 4.69) is 15.3 Å². The maximum absolute atomic E-state index is 14.8. The molecule has 148 valence electrons. The third-order valence-electron chi connectivity index (χ3n) is 3.48. The Morgan fingerprint density at radius 2 is 2.04 bits per heavy atom. The molecular formula is C19H21F2N5O2. The Bertz CT molecular complexity index is 952. The molecule has 4 N–H and O–H groups in total. The smallest absolute Gasteiger partial charge is 0.412 e. The number of nitrogens with one attached hydrogen (secondary N) is 2. The first kappa shape index (κ1) is 20.9. The fourth-order valence-corrected chi connectivity index (χ4v) is 2.30. The number of benzene rings is 1. The van der Waals surface area contributed by atoms with Crippen LogP contribution >= 0.6 is 0 Å². The lowest BCUT2D eigenvalue weighted by molar-refractivity contribution is 0.0635. The first-order chi connectivity index (χ1) is 13.0. The monoisotopic (exact) mass is 389 g/mol. The zero-order valence-electron chi connectivity index (χ0n) is 15.9. The molecule has 28 heavy (non-hydrogen) atoms. The largest absolute Gasteiger partial charge is 0.444 e. The van der Waals surface area contributed by atoms with Crippen LogP contribution in [0.4, 0.5) is 30.8 Å². The molecule has 9 heteroatoms. The average molecular weight is 389 g/mol. The van der Waals surface area contributed by atoms with Crippen LogP contribution in [0.5, 0.6) is 0 Å². The Hall–Kier alpha value is -3.36. The molecule has 2 aromatic rings. The minimum absolute atomic E-state index is 0.0188. The van der Waals surface area contributed by atoms with Crippen LogP contribution in [0, 0.1) is 17.0 Å². The van der Waals surface area contributed by atoms with Gasteiger partial charge in [0.1, 0.15) is 17.2 Å². The van der Waals surface area contributed by atoms with Gasteiger partial charge in [0.05, 0.1) is 28.8 Å². The van der Waals surface area contributed by atoms with Gasteiger partial charge in [-0.15, -0.1) is 0 Å². The maximum atomic E-state index is 14.8. The van der Waals surface area contributed by atoms with Crippen molar-refractivity contribution in [1.82, 2.24) is 4.98 Å². The molecule has 7 nitrogen and oxygen atoms in total. The van der Waals surface area contributed by atoms with Crippen LogP contribution in [0.1, 0.15) is 38.8 Å². The van der Waals surface area contributed by atoms with E-state index in [1.54, 1.807) is 20.8 Å². The number of nitrogen functional groups attached to an aromatic ring is 1. The number of carbonyl (C=O) groups excluding carboxylic acids is 1. The third-order valence-corrected chi connectivity index (χ3v) is 3.48. The number of hydrogen-bond donors (Lipinski definition) is 3. The van der Waals surface area contributed by atoms with E-state index in [-0.39, 0.29) is 22.9 Å². The number of nitrogens with two attached hydrogens (primary N) is 1. The van der Waals surface area contributed by atoms with Crippen LogP contribution in [0.2, 0.25) is 0 Å². The van der Waals surface area contributed by atoms with Gasteiger partial charge in [-0.2, -0.15) is 0 Å². The van der Waals surface area contributed by atoms with Gasteiger partial charge in [0, 0.05) is 11.8 Å². The number of aliphatic imine (C=N–C) groups is 1. The summed E-state index contributed by atoms with van der Waals surface area (Å²) < 4.78 is 34.2. The van der Waals surface area contributed by atoms with Crippen LogP contribution in [0.25, 0.3) is 0 Å². The molecule has 1 heterocycles. The van der Waals surface area contributed by atoms with E-state index in [0.29, 0.717) is 5.56 Å². The third kappa shape index (κ3) is 5.09. The number of ether oxygens (including phenoxy) is 1. The second-order valence-corrected chi connectivity index (χ2v) is 6.92. The summed E-state index contributed by atoms with van der Waals surface area (Å²) in [5, 5.41) is 9.55. The first-order valence-corrected chi connectivity index (χ1v) is 8.31. The number of anilines is 2. The summed E-state index contributed by atoms with van der Waals surface area (Å²) in [6.45, 7) is 6.41. The normalized spacial score (nSPS) is 11.9. The zero-order valence-corrected chi connectivity index (χ0v) is 15.9. The Balaban J connectivity index is 2.39. The molecule has 0 spiro atoms. The lowest BCUT2D eigenvalue weighted by Gasteiger charge is -2.20. The van der Waals surface area contributed by atoms with Gasteiger partial charge in [-0.05, 0) is 45.9 Å². The van der Waals surface area contributed by atoms with Crippen molar-refractivity contribution in [2.75, 3.05) is 11.1 Å². The molecule has 0 aliphatic rings. The van der Waals surface area contributed by atoms with Crippen molar-refractivity contribution in [2.45, 2.75) is 33.3 Å². The number of pyridine rings is 1. The van der Waals surface area contributed by atoms with Crippen LogP contribution in [-0.2, 0) is 4.74 Å². The number of nitrogens with zero attached hydrogens (tertiary/aromatic N) is 2. The number of carbonyl (C=O) groups is 1.